The van der Waals surface area contributed by atoms with E-state index in [-0.39, 0.29) is 0 Å². The Morgan fingerprint density at radius 3 is 2.00 bits per heavy atom. The molecule has 1 aliphatic carbocycles. The van der Waals surface area contributed by atoms with E-state index in [0.29, 0.717) is 0 Å². The van der Waals surface area contributed by atoms with Crippen LogP contribution in [0.5, 0.6) is 0 Å². The Bertz CT molecular complexity index is 467. The van der Waals surface area contributed by atoms with E-state index < -0.39 is 45.5 Å². The monoisotopic (exact) mass is 316 g/mol. The largest absolute Gasteiger partial charge is 0.421 e. The molecule has 0 heterocycles. The van der Waals surface area contributed by atoms with Crippen LogP contribution in [0.15, 0.2) is 23.1 Å². The summed E-state index contributed by atoms with van der Waals surface area (Å²) in [5, 5.41) is -2.08. The lowest BCUT2D eigenvalue weighted by Gasteiger charge is -2.30. The van der Waals surface area contributed by atoms with E-state index in [0.717, 1.165) is 0 Å². The van der Waals surface area contributed by atoms with Crippen molar-refractivity contribution < 1.29 is 35.5 Å². The summed E-state index contributed by atoms with van der Waals surface area (Å²) in [5.41, 5.74) is -2.79. The lowest BCUT2D eigenvalue weighted by Crippen LogP contribution is -2.45. The Hall–Kier alpha value is -0.760. The van der Waals surface area contributed by atoms with Crippen LogP contribution < -0.4 is 0 Å². The molecule has 10 heteroatoms. The van der Waals surface area contributed by atoms with Crippen molar-refractivity contribution >= 4 is 28.4 Å². The molecule has 0 spiro atoms. The summed E-state index contributed by atoms with van der Waals surface area (Å²) in [4.78, 5) is 6.99. The zero-order valence-corrected chi connectivity index (χ0v) is 9.40. The molecule has 2 unspecified atom stereocenters. The molecule has 2 atom stereocenters. The molecule has 102 valence electrons. The minimum Gasteiger partial charge on any atom is -0.279 e. The summed E-state index contributed by atoms with van der Waals surface area (Å²) in [6.45, 7) is 0. The van der Waals surface area contributed by atoms with Crippen LogP contribution >= 0.6 is 23.2 Å². The van der Waals surface area contributed by atoms with Crippen molar-refractivity contribution in [2.75, 3.05) is 0 Å². The highest BCUT2D eigenvalue weighted by Crippen LogP contribution is 2.50. The van der Waals surface area contributed by atoms with Gasteiger partial charge < -0.3 is 0 Å². The zero-order valence-electron chi connectivity index (χ0n) is 7.89. The molecule has 0 aliphatic heterocycles. The van der Waals surface area contributed by atoms with Crippen molar-refractivity contribution in [2.24, 2.45) is 0 Å². The van der Waals surface area contributed by atoms with Crippen LogP contribution in [0.25, 0.3) is 0 Å². The number of carbonyl (C=O) groups is 1. The predicted molar refractivity (Wildman–Crippen MR) is 47.8 cm³/mol. The Balaban J connectivity index is 3.58. The van der Waals surface area contributed by atoms with Gasteiger partial charge in [-0.05, 0) is 11.6 Å². The van der Waals surface area contributed by atoms with Crippen molar-refractivity contribution in [3.8, 4) is 0 Å². The van der Waals surface area contributed by atoms with Gasteiger partial charge in [-0.3, -0.25) is 4.79 Å². The Morgan fingerprint density at radius 2 is 1.67 bits per heavy atom. The SMILES string of the molecule is O=C(Cl)C1(Cl)C(F)=C(F)C(C(F)(F)F)=C(F)C1F. The van der Waals surface area contributed by atoms with E-state index in [4.69, 9.17) is 11.6 Å². The highest BCUT2D eigenvalue weighted by Gasteiger charge is 2.60. The van der Waals surface area contributed by atoms with E-state index in [1.165, 1.54) is 0 Å². The van der Waals surface area contributed by atoms with Crippen molar-refractivity contribution in [1.29, 1.82) is 0 Å². The number of carbonyl (C=O) groups excluding carboxylic acids is 1. The minimum atomic E-state index is -5.69. The molecule has 0 N–H and O–H groups in total. The van der Waals surface area contributed by atoms with Gasteiger partial charge in [0.25, 0.3) is 5.24 Å². The molecular formula is C8HCl2F7O. The van der Waals surface area contributed by atoms with Gasteiger partial charge in [0.05, 0.1) is 0 Å². The quantitative estimate of drug-likeness (QED) is 0.406. The van der Waals surface area contributed by atoms with Crippen molar-refractivity contribution in [1.82, 2.24) is 0 Å². The third-order valence-corrected chi connectivity index (χ3v) is 3.04. The maximum absolute atomic E-state index is 13.3. The maximum atomic E-state index is 13.3. The summed E-state index contributed by atoms with van der Waals surface area (Å²) in [7, 11) is 0. The molecular weight excluding hydrogens is 316 g/mol. The number of halogens is 9. The van der Waals surface area contributed by atoms with E-state index in [1.807, 2.05) is 0 Å². The molecule has 0 radical (unpaired) electrons. The fourth-order valence-corrected chi connectivity index (χ4v) is 1.59. The van der Waals surface area contributed by atoms with E-state index in [1.54, 1.807) is 0 Å². The second-order valence-corrected chi connectivity index (χ2v) is 4.14. The summed E-state index contributed by atoms with van der Waals surface area (Å²) < 4.78 is 89.1. The van der Waals surface area contributed by atoms with E-state index >= 15 is 0 Å². The molecule has 0 aromatic carbocycles. The highest BCUT2D eigenvalue weighted by molar-refractivity contribution is 6.71. The zero-order chi connectivity index (χ0) is 14.5. The molecule has 0 amide bonds. The fourth-order valence-electron chi connectivity index (χ4n) is 1.23. The molecule has 0 aromatic heterocycles. The average molecular weight is 317 g/mol. The van der Waals surface area contributed by atoms with Gasteiger partial charge in [0.1, 0.15) is 5.57 Å². The van der Waals surface area contributed by atoms with Crippen LogP contribution in [0, 0.1) is 0 Å². The molecule has 1 rings (SSSR count). The molecule has 0 saturated heterocycles. The molecule has 0 saturated carbocycles. The van der Waals surface area contributed by atoms with Gasteiger partial charge in [0.2, 0.25) is 4.87 Å². The first-order valence-corrected chi connectivity index (χ1v) is 4.77. The molecule has 0 bridgehead atoms. The summed E-state index contributed by atoms with van der Waals surface area (Å²) in [6.07, 6.45) is -9.27. The van der Waals surface area contributed by atoms with Gasteiger partial charge >= 0.3 is 6.18 Å². The van der Waals surface area contributed by atoms with Crippen LogP contribution in [0.1, 0.15) is 0 Å². The second-order valence-electron chi connectivity index (χ2n) is 3.20. The van der Waals surface area contributed by atoms with Gasteiger partial charge in [0, 0.05) is 0 Å². The van der Waals surface area contributed by atoms with E-state index in [9.17, 15) is 35.5 Å². The van der Waals surface area contributed by atoms with Crippen LogP contribution in [-0.4, -0.2) is 22.5 Å². The number of hydrogen-bond donors (Lipinski definition) is 0. The normalized spacial score (nSPS) is 29.9. The average Bonchev–Trinajstić information content (AvgIpc) is 2.21. The summed E-state index contributed by atoms with van der Waals surface area (Å²) in [5.74, 6) is -8.17. The first-order valence-electron chi connectivity index (χ1n) is 4.01. The molecule has 0 aromatic rings. The third kappa shape index (κ3) is 2.01. The second kappa shape index (κ2) is 4.41. The summed E-state index contributed by atoms with van der Waals surface area (Å²) in [6, 6.07) is 0. The minimum absolute atomic E-state index is 2.08. The van der Waals surface area contributed by atoms with Crippen LogP contribution in [0.2, 0.25) is 0 Å². The van der Waals surface area contributed by atoms with Gasteiger partial charge in [-0.1, -0.05) is 11.6 Å². The molecule has 0 fully saturated rings. The predicted octanol–water partition coefficient (Wildman–Crippen LogP) is 4.02. The third-order valence-electron chi connectivity index (χ3n) is 2.11. The van der Waals surface area contributed by atoms with Crippen molar-refractivity contribution in [3.63, 3.8) is 0 Å². The van der Waals surface area contributed by atoms with Gasteiger partial charge in [-0.25, -0.2) is 17.6 Å². The first kappa shape index (κ1) is 15.3. The lowest BCUT2D eigenvalue weighted by molar-refractivity contribution is -0.116. The van der Waals surface area contributed by atoms with Crippen LogP contribution in [-0.2, 0) is 4.79 Å². The van der Waals surface area contributed by atoms with Gasteiger partial charge in [-0.15, -0.1) is 0 Å². The smallest absolute Gasteiger partial charge is 0.279 e. The lowest BCUT2D eigenvalue weighted by atomic mass is 9.91. The highest BCUT2D eigenvalue weighted by atomic mass is 35.5. The van der Waals surface area contributed by atoms with Crippen molar-refractivity contribution in [3.05, 3.63) is 23.1 Å². The van der Waals surface area contributed by atoms with Crippen LogP contribution in [0.3, 0.4) is 0 Å². The van der Waals surface area contributed by atoms with Gasteiger partial charge in [-0.2, -0.15) is 13.2 Å². The first-order chi connectivity index (χ1) is 7.95. The molecule has 18 heavy (non-hydrogen) atoms. The summed E-state index contributed by atoms with van der Waals surface area (Å²) >= 11 is 9.60. The van der Waals surface area contributed by atoms with Crippen LogP contribution in [0.4, 0.5) is 30.7 Å². The number of allylic oxidation sites excluding steroid dienone is 4. The molecule has 1 nitrogen and oxygen atoms in total. The number of alkyl halides is 5. The van der Waals surface area contributed by atoms with Crippen molar-refractivity contribution in [2.45, 2.75) is 17.2 Å². The Morgan fingerprint density at radius 1 is 1.22 bits per heavy atom. The van der Waals surface area contributed by atoms with Gasteiger partial charge in [0.15, 0.2) is 23.7 Å². The fraction of sp³-hybridized carbons (Fsp3) is 0.375. The maximum Gasteiger partial charge on any atom is 0.421 e. The number of rotatable bonds is 1. The standard InChI is InChI=1S/C8HCl2F7O/c9-6(18)7(10)4(13)2(11)1(8(15,16)17)3(12)5(7)14/h4H. The Kier molecular flexibility index (Phi) is 3.75. The Labute approximate surface area is 105 Å². The number of hydrogen-bond acceptors (Lipinski definition) is 1. The van der Waals surface area contributed by atoms with E-state index in [2.05, 4.69) is 11.6 Å². The topological polar surface area (TPSA) is 17.1 Å². The molecule has 1 aliphatic rings.